The van der Waals surface area contributed by atoms with Gasteiger partial charge in [0.25, 0.3) is 5.91 Å². The van der Waals surface area contributed by atoms with Gasteiger partial charge in [0.15, 0.2) is 0 Å². The van der Waals surface area contributed by atoms with Crippen LogP contribution < -0.4 is 15.0 Å². The molecule has 1 aromatic heterocycles. The maximum absolute atomic E-state index is 12.6. The summed E-state index contributed by atoms with van der Waals surface area (Å²) in [5.74, 6) is 1.47. The minimum atomic E-state index is -0.174. The summed E-state index contributed by atoms with van der Waals surface area (Å²) in [5, 5.41) is 5.69. The molecule has 2 aromatic carbocycles. The summed E-state index contributed by atoms with van der Waals surface area (Å²) in [5.41, 5.74) is 3.60. The van der Waals surface area contributed by atoms with Crippen molar-refractivity contribution < 1.29 is 9.53 Å². The Bertz CT molecular complexity index is 974. The van der Waals surface area contributed by atoms with Gasteiger partial charge in [0.05, 0.1) is 12.1 Å². The average molecular weight is 422 g/mol. The van der Waals surface area contributed by atoms with E-state index in [1.54, 1.807) is 7.11 Å². The lowest BCUT2D eigenvalue weighted by molar-refractivity contribution is 0.102. The SMILES string of the molecule is COc1ccc(Cc2nc(C(=O)Nc3ccc(N4CCC(C)CC4)cc3)cs2)cc1. The molecule has 0 spiro atoms. The summed E-state index contributed by atoms with van der Waals surface area (Å²) < 4.78 is 5.19. The van der Waals surface area contributed by atoms with Gasteiger partial charge in [-0.15, -0.1) is 11.3 Å². The Kier molecular flexibility index (Phi) is 6.33. The summed E-state index contributed by atoms with van der Waals surface area (Å²) >= 11 is 1.50. The number of nitrogens with zero attached hydrogens (tertiary/aromatic N) is 2. The van der Waals surface area contributed by atoms with Crippen LogP contribution in [0.4, 0.5) is 11.4 Å². The van der Waals surface area contributed by atoms with E-state index in [0.717, 1.165) is 41.0 Å². The molecular weight excluding hydrogens is 394 g/mol. The maximum atomic E-state index is 12.6. The van der Waals surface area contributed by atoms with Gasteiger partial charge in [-0.1, -0.05) is 19.1 Å². The van der Waals surface area contributed by atoms with Crippen LogP contribution in [0.5, 0.6) is 5.75 Å². The highest BCUT2D eigenvalue weighted by Crippen LogP contribution is 2.25. The zero-order chi connectivity index (χ0) is 20.9. The molecule has 4 rings (SSSR count). The zero-order valence-corrected chi connectivity index (χ0v) is 18.2. The lowest BCUT2D eigenvalue weighted by Crippen LogP contribution is -2.32. The quantitative estimate of drug-likeness (QED) is 0.592. The van der Waals surface area contributed by atoms with E-state index in [2.05, 4.69) is 34.3 Å². The highest BCUT2D eigenvalue weighted by atomic mass is 32.1. The molecule has 5 nitrogen and oxygen atoms in total. The highest BCUT2D eigenvalue weighted by Gasteiger charge is 2.16. The predicted molar refractivity (Wildman–Crippen MR) is 123 cm³/mol. The number of hydrogen-bond donors (Lipinski definition) is 1. The number of benzene rings is 2. The van der Waals surface area contributed by atoms with Crippen molar-refractivity contribution in [1.29, 1.82) is 0 Å². The lowest BCUT2D eigenvalue weighted by atomic mass is 9.99. The Labute approximate surface area is 181 Å². The van der Waals surface area contributed by atoms with Crippen molar-refractivity contribution in [3.05, 3.63) is 70.2 Å². The number of amides is 1. The van der Waals surface area contributed by atoms with E-state index < -0.39 is 0 Å². The number of rotatable bonds is 6. The second-order valence-corrected chi connectivity index (χ2v) is 8.76. The van der Waals surface area contributed by atoms with Crippen LogP contribution in [0.2, 0.25) is 0 Å². The van der Waals surface area contributed by atoms with Crippen molar-refractivity contribution in [1.82, 2.24) is 4.98 Å². The van der Waals surface area contributed by atoms with E-state index in [1.807, 2.05) is 41.8 Å². The largest absolute Gasteiger partial charge is 0.497 e. The van der Waals surface area contributed by atoms with Gasteiger partial charge in [-0.25, -0.2) is 4.98 Å². The topological polar surface area (TPSA) is 54.5 Å². The van der Waals surface area contributed by atoms with Crippen molar-refractivity contribution in [3.63, 3.8) is 0 Å². The van der Waals surface area contributed by atoms with Crippen LogP contribution in [-0.4, -0.2) is 31.1 Å². The van der Waals surface area contributed by atoms with Crippen LogP contribution in [0.1, 0.15) is 40.8 Å². The molecule has 1 amide bonds. The van der Waals surface area contributed by atoms with E-state index >= 15 is 0 Å². The van der Waals surface area contributed by atoms with E-state index in [1.165, 1.54) is 29.9 Å². The third-order valence-corrected chi connectivity index (χ3v) is 6.42. The summed E-state index contributed by atoms with van der Waals surface area (Å²) in [6, 6.07) is 16.0. The molecule has 1 aliphatic heterocycles. The fraction of sp³-hybridized carbons (Fsp3) is 0.333. The first-order chi connectivity index (χ1) is 14.6. The molecule has 1 N–H and O–H groups in total. The fourth-order valence-corrected chi connectivity index (χ4v) is 4.44. The third kappa shape index (κ3) is 5.00. The Morgan fingerprint density at radius 1 is 1.13 bits per heavy atom. The molecule has 6 heteroatoms. The predicted octanol–water partition coefficient (Wildman–Crippen LogP) is 5.23. The van der Waals surface area contributed by atoms with Crippen molar-refractivity contribution in [2.24, 2.45) is 5.92 Å². The molecule has 0 atom stereocenters. The van der Waals surface area contributed by atoms with Crippen LogP contribution in [0.25, 0.3) is 0 Å². The molecule has 0 aliphatic carbocycles. The van der Waals surface area contributed by atoms with E-state index in [9.17, 15) is 4.79 Å². The number of methoxy groups -OCH3 is 1. The number of aromatic nitrogens is 1. The van der Waals surface area contributed by atoms with Crippen LogP contribution >= 0.6 is 11.3 Å². The number of ether oxygens (including phenoxy) is 1. The summed E-state index contributed by atoms with van der Waals surface area (Å²) in [7, 11) is 1.66. The Hall–Kier alpha value is -2.86. The number of carbonyl (C=O) groups excluding carboxylic acids is 1. The maximum Gasteiger partial charge on any atom is 0.275 e. The first-order valence-electron chi connectivity index (χ1n) is 10.3. The molecule has 0 unspecified atom stereocenters. The molecule has 1 saturated heterocycles. The van der Waals surface area contributed by atoms with Gasteiger partial charge < -0.3 is 15.0 Å². The van der Waals surface area contributed by atoms with E-state index in [0.29, 0.717) is 12.1 Å². The first-order valence-corrected chi connectivity index (χ1v) is 11.2. The second kappa shape index (κ2) is 9.30. The van der Waals surface area contributed by atoms with Gasteiger partial charge in [0.2, 0.25) is 0 Å². The molecule has 3 aromatic rings. The van der Waals surface area contributed by atoms with Gasteiger partial charge in [-0.3, -0.25) is 4.79 Å². The van der Waals surface area contributed by atoms with Gasteiger partial charge >= 0.3 is 0 Å². The number of hydrogen-bond acceptors (Lipinski definition) is 5. The number of thiazole rings is 1. The molecule has 1 aliphatic rings. The van der Waals surface area contributed by atoms with Crippen molar-refractivity contribution in [2.75, 3.05) is 30.4 Å². The molecule has 0 radical (unpaired) electrons. The van der Waals surface area contributed by atoms with Gasteiger partial charge in [0.1, 0.15) is 11.4 Å². The fourth-order valence-electron chi connectivity index (χ4n) is 3.63. The molecule has 156 valence electrons. The number of piperidine rings is 1. The summed E-state index contributed by atoms with van der Waals surface area (Å²) in [4.78, 5) is 19.5. The van der Waals surface area contributed by atoms with Crippen LogP contribution in [0.3, 0.4) is 0 Å². The molecule has 1 fully saturated rings. The Morgan fingerprint density at radius 2 is 1.83 bits per heavy atom. The van der Waals surface area contributed by atoms with Crippen LogP contribution in [0, 0.1) is 5.92 Å². The number of anilines is 2. The number of carbonyl (C=O) groups is 1. The smallest absolute Gasteiger partial charge is 0.275 e. The minimum absolute atomic E-state index is 0.174. The Morgan fingerprint density at radius 3 is 2.50 bits per heavy atom. The third-order valence-electron chi connectivity index (χ3n) is 5.57. The summed E-state index contributed by atoms with van der Waals surface area (Å²) in [6.07, 6.45) is 3.17. The van der Waals surface area contributed by atoms with Gasteiger partial charge in [-0.05, 0) is 60.7 Å². The lowest BCUT2D eigenvalue weighted by Gasteiger charge is -2.32. The van der Waals surface area contributed by atoms with Gasteiger partial charge in [0, 0.05) is 36.3 Å². The van der Waals surface area contributed by atoms with Crippen LogP contribution in [-0.2, 0) is 6.42 Å². The van der Waals surface area contributed by atoms with Crippen molar-refractivity contribution >= 4 is 28.6 Å². The molecular formula is C24H27N3O2S. The molecule has 2 heterocycles. The average Bonchev–Trinajstić information content (AvgIpc) is 3.24. The minimum Gasteiger partial charge on any atom is -0.497 e. The van der Waals surface area contributed by atoms with Crippen molar-refractivity contribution in [3.8, 4) is 5.75 Å². The van der Waals surface area contributed by atoms with Gasteiger partial charge in [-0.2, -0.15) is 0 Å². The first kappa shape index (κ1) is 20.4. The normalized spacial score (nSPS) is 14.5. The van der Waals surface area contributed by atoms with E-state index in [4.69, 9.17) is 4.74 Å². The molecule has 30 heavy (non-hydrogen) atoms. The summed E-state index contributed by atoms with van der Waals surface area (Å²) in [6.45, 7) is 4.52. The zero-order valence-electron chi connectivity index (χ0n) is 17.4. The Balaban J connectivity index is 1.34. The van der Waals surface area contributed by atoms with E-state index in [-0.39, 0.29) is 5.91 Å². The monoisotopic (exact) mass is 421 g/mol. The van der Waals surface area contributed by atoms with Crippen molar-refractivity contribution in [2.45, 2.75) is 26.2 Å². The standard InChI is InChI=1S/C24H27N3O2S/c1-17-11-13-27(14-12-17)20-7-5-19(6-8-20)25-24(28)22-16-30-23(26-22)15-18-3-9-21(29-2)10-4-18/h3-10,16-17H,11-15H2,1-2H3,(H,25,28). The molecule has 0 bridgehead atoms. The van der Waals surface area contributed by atoms with Crippen LogP contribution in [0.15, 0.2) is 53.9 Å². The highest BCUT2D eigenvalue weighted by molar-refractivity contribution is 7.09. The number of nitrogens with one attached hydrogen (secondary N) is 1. The second-order valence-electron chi connectivity index (χ2n) is 7.82. The molecule has 0 saturated carbocycles.